The van der Waals surface area contributed by atoms with Gasteiger partial charge in [0, 0.05) is 5.02 Å². The fraction of sp³-hybridized carbons (Fsp3) is 0.176. The molecule has 0 radical (unpaired) electrons. The summed E-state index contributed by atoms with van der Waals surface area (Å²) in [5, 5.41) is 9.51. The Labute approximate surface area is 165 Å². The van der Waals surface area contributed by atoms with E-state index in [-0.39, 0.29) is 22.3 Å². The van der Waals surface area contributed by atoms with Crippen LogP contribution in [0.3, 0.4) is 0 Å². The number of carbonyl (C=O) groups excluding carboxylic acids is 1. The normalized spacial score (nSPS) is 11.7. The number of carbonyl (C=O) groups is 2. The maximum Gasteiger partial charge on any atom is 0.323 e. The molecule has 9 heteroatoms. The number of benzene rings is 2. The summed E-state index contributed by atoms with van der Waals surface area (Å²) in [6, 6.07) is 8.43. The number of carboxylic acid groups (broad SMARTS) is 1. The van der Waals surface area contributed by atoms with Crippen molar-refractivity contribution in [2.45, 2.75) is 6.92 Å². The molecule has 138 valence electrons. The van der Waals surface area contributed by atoms with Crippen LogP contribution in [0.15, 0.2) is 36.4 Å². The van der Waals surface area contributed by atoms with E-state index in [4.69, 9.17) is 50.4 Å². The summed E-state index contributed by atoms with van der Waals surface area (Å²) in [5.41, 5.74) is 6.10. The molecular weight excluding hydrogens is 403 g/mol. The zero-order valence-electron chi connectivity index (χ0n) is 13.6. The molecule has 0 spiro atoms. The number of nitrogens with two attached hydrogens (primary N) is 1. The number of ether oxygens (including phenoxy) is 1. The summed E-state index contributed by atoms with van der Waals surface area (Å²) in [4.78, 5) is 23.9. The first-order valence-corrected chi connectivity index (χ1v) is 8.54. The van der Waals surface area contributed by atoms with Crippen LogP contribution in [0.4, 0.5) is 16.2 Å². The summed E-state index contributed by atoms with van der Waals surface area (Å²) in [6.45, 7) is 1.55. The van der Waals surface area contributed by atoms with Gasteiger partial charge in [-0.15, -0.1) is 0 Å². The number of amides is 2. The van der Waals surface area contributed by atoms with Crippen molar-refractivity contribution in [3.63, 3.8) is 0 Å². The Hall–Kier alpha value is -2.15. The molecule has 0 aromatic heterocycles. The number of carboxylic acids is 1. The molecule has 0 fully saturated rings. The topological polar surface area (TPSA) is 92.9 Å². The molecule has 26 heavy (non-hydrogen) atoms. The lowest BCUT2D eigenvalue weighted by Gasteiger charge is -2.23. The van der Waals surface area contributed by atoms with Crippen molar-refractivity contribution in [1.82, 2.24) is 0 Å². The van der Waals surface area contributed by atoms with Gasteiger partial charge in [0.1, 0.15) is 12.4 Å². The zero-order valence-corrected chi connectivity index (χ0v) is 15.8. The largest absolute Gasteiger partial charge is 0.493 e. The SMILES string of the molecule is CC(COc1ccc(N(C(N)=O)c2c(Cl)cc(Cl)cc2Cl)cc1)C(=O)O. The van der Waals surface area contributed by atoms with Gasteiger partial charge in [-0.05, 0) is 43.3 Å². The Morgan fingerprint density at radius 3 is 2.15 bits per heavy atom. The van der Waals surface area contributed by atoms with Crippen LogP contribution in [-0.2, 0) is 4.79 Å². The standard InChI is InChI=1S/C17H15Cl3N2O4/c1-9(16(23)24)8-26-12-4-2-11(3-5-12)22(17(21)25)15-13(19)6-10(18)7-14(15)20/h2-7,9H,8H2,1H3,(H2,21,25)(H,23,24). The van der Waals surface area contributed by atoms with Gasteiger partial charge in [-0.25, -0.2) is 4.79 Å². The molecule has 0 aliphatic rings. The Bertz CT molecular complexity index is 804. The van der Waals surface area contributed by atoms with Gasteiger partial charge in [-0.2, -0.15) is 0 Å². The summed E-state index contributed by atoms with van der Waals surface area (Å²) < 4.78 is 5.41. The van der Waals surface area contributed by atoms with E-state index in [0.717, 1.165) is 4.90 Å². The van der Waals surface area contributed by atoms with Crippen LogP contribution in [-0.4, -0.2) is 23.7 Å². The van der Waals surface area contributed by atoms with Gasteiger partial charge in [0.05, 0.1) is 27.3 Å². The van der Waals surface area contributed by atoms with E-state index >= 15 is 0 Å². The zero-order chi connectivity index (χ0) is 19.4. The van der Waals surface area contributed by atoms with Crippen molar-refractivity contribution in [3.8, 4) is 5.75 Å². The Morgan fingerprint density at radius 2 is 1.69 bits per heavy atom. The smallest absolute Gasteiger partial charge is 0.323 e. The maximum atomic E-state index is 12.0. The van der Waals surface area contributed by atoms with Crippen molar-refractivity contribution >= 4 is 58.2 Å². The van der Waals surface area contributed by atoms with E-state index in [1.165, 1.54) is 19.1 Å². The number of halogens is 3. The van der Waals surface area contributed by atoms with Crippen LogP contribution in [0.1, 0.15) is 6.92 Å². The average molecular weight is 418 g/mol. The lowest BCUT2D eigenvalue weighted by atomic mass is 10.2. The number of nitrogens with zero attached hydrogens (tertiary/aromatic N) is 1. The molecule has 0 bridgehead atoms. The second kappa shape index (κ2) is 8.49. The molecule has 3 N–H and O–H groups in total. The van der Waals surface area contributed by atoms with Gasteiger partial charge in [0.15, 0.2) is 0 Å². The van der Waals surface area contributed by atoms with Gasteiger partial charge < -0.3 is 15.6 Å². The molecule has 1 atom stereocenters. The number of hydrogen-bond acceptors (Lipinski definition) is 3. The van der Waals surface area contributed by atoms with Gasteiger partial charge in [0.2, 0.25) is 0 Å². The van der Waals surface area contributed by atoms with Crippen molar-refractivity contribution in [2.75, 3.05) is 11.5 Å². The van der Waals surface area contributed by atoms with Gasteiger partial charge >= 0.3 is 12.0 Å². The molecule has 2 amide bonds. The highest BCUT2D eigenvalue weighted by atomic mass is 35.5. The van der Waals surface area contributed by atoms with Gasteiger partial charge in [-0.3, -0.25) is 9.69 Å². The molecular formula is C17H15Cl3N2O4. The van der Waals surface area contributed by atoms with Crippen LogP contribution in [0.2, 0.25) is 15.1 Å². The molecule has 6 nitrogen and oxygen atoms in total. The van der Waals surface area contributed by atoms with Crippen LogP contribution >= 0.6 is 34.8 Å². The molecule has 0 saturated carbocycles. The first-order chi connectivity index (χ1) is 12.2. The summed E-state index contributed by atoms with van der Waals surface area (Å²) in [6.07, 6.45) is 0. The first kappa shape index (κ1) is 20.2. The van der Waals surface area contributed by atoms with Crippen molar-refractivity contribution in [1.29, 1.82) is 0 Å². The molecule has 2 rings (SSSR count). The van der Waals surface area contributed by atoms with E-state index in [1.54, 1.807) is 24.3 Å². The number of anilines is 2. The minimum Gasteiger partial charge on any atom is -0.493 e. The van der Waals surface area contributed by atoms with Crippen LogP contribution in [0, 0.1) is 5.92 Å². The molecule has 0 heterocycles. The van der Waals surface area contributed by atoms with Crippen molar-refractivity contribution in [3.05, 3.63) is 51.5 Å². The second-order valence-corrected chi connectivity index (χ2v) is 6.69. The number of primary amides is 1. The quantitative estimate of drug-likeness (QED) is 0.694. The van der Waals surface area contributed by atoms with E-state index in [2.05, 4.69) is 0 Å². The third kappa shape index (κ3) is 4.72. The van der Waals surface area contributed by atoms with Crippen LogP contribution in [0.25, 0.3) is 0 Å². The highest BCUT2D eigenvalue weighted by Crippen LogP contribution is 2.40. The fourth-order valence-electron chi connectivity index (χ4n) is 2.10. The molecule has 0 aliphatic heterocycles. The lowest BCUT2D eigenvalue weighted by Crippen LogP contribution is -2.31. The lowest BCUT2D eigenvalue weighted by molar-refractivity contribution is -0.142. The predicted molar refractivity (Wildman–Crippen MR) is 102 cm³/mol. The second-order valence-electron chi connectivity index (χ2n) is 5.44. The van der Waals surface area contributed by atoms with E-state index in [0.29, 0.717) is 16.5 Å². The van der Waals surface area contributed by atoms with E-state index < -0.39 is 17.9 Å². The van der Waals surface area contributed by atoms with Crippen molar-refractivity contribution in [2.24, 2.45) is 11.7 Å². The Balaban J connectivity index is 2.29. The minimum atomic E-state index is -0.950. The van der Waals surface area contributed by atoms with Crippen molar-refractivity contribution < 1.29 is 19.4 Å². The Kier molecular flexibility index (Phi) is 6.58. The van der Waals surface area contributed by atoms with Crippen LogP contribution in [0.5, 0.6) is 5.75 Å². The summed E-state index contributed by atoms with van der Waals surface area (Å²) in [5.74, 6) is -1.16. The summed E-state index contributed by atoms with van der Waals surface area (Å²) in [7, 11) is 0. The average Bonchev–Trinajstić information content (AvgIpc) is 2.56. The molecule has 2 aromatic carbocycles. The third-order valence-electron chi connectivity index (χ3n) is 3.44. The molecule has 0 saturated heterocycles. The number of aliphatic carboxylic acids is 1. The van der Waals surface area contributed by atoms with E-state index in [1.807, 2.05) is 0 Å². The first-order valence-electron chi connectivity index (χ1n) is 7.40. The fourth-order valence-corrected chi connectivity index (χ4v) is 3.08. The predicted octanol–water partition coefficient (Wildman–Crippen LogP) is 4.96. The highest BCUT2D eigenvalue weighted by molar-refractivity contribution is 6.42. The highest BCUT2D eigenvalue weighted by Gasteiger charge is 2.22. The minimum absolute atomic E-state index is 0.0169. The maximum absolute atomic E-state index is 12.0. The monoisotopic (exact) mass is 416 g/mol. The van der Waals surface area contributed by atoms with Crippen LogP contribution < -0.4 is 15.4 Å². The number of urea groups is 1. The van der Waals surface area contributed by atoms with Gasteiger partial charge in [0.25, 0.3) is 0 Å². The molecule has 1 unspecified atom stereocenters. The third-order valence-corrected chi connectivity index (χ3v) is 4.24. The van der Waals surface area contributed by atoms with Gasteiger partial charge in [-0.1, -0.05) is 34.8 Å². The Morgan fingerprint density at radius 1 is 1.15 bits per heavy atom. The number of rotatable bonds is 6. The van der Waals surface area contributed by atoms with E-state index in [9.17, 15) is 9.59 Å². The number of hydrogen-bond donors (Lipinski definition) is 2. The summed E-state index contributed by atoms with van der Waals surface area (Å²) >= 11 is 18.2. The molecule has 2 aromatic rings. The molecule has 0 aliphatic carbocycles.